The molecule has 12 heavy (non-hydrogen) atoms. The predicted molar refractivity (Wildman–Crippen MR) is 44.7 cm³/mol. The van der Waals surface area contributed by atoms with Gasteiger partial charge in [-0.25, -0.2) is 0 Å². The van der Waals surface area contributed by atoms with E-state index in [-0.39, 0.29) is 6.61 Å². The van der Waals surface area contributed by atoms with Crippen molar-refractivity contribution < 1.29 is 5.11 Å². The molecule has 2 heteroatoms. The van der Waals surface area contributed by atoms with E-state index in [4.69, 9.17) is 0 Å². The van der Waals surface area contributed by atoms with Crippen LogP contribution in [0.2, 0.25) is 0 Å². The Hall–Kier alpha value is -0.890. The average molecular weight is 162 g/mol. The number of aryl methyl sites for hydroxylation is 1. The molecule has 0 radical (unpaired) electrons. The van der Waals surface area contributed by atoms with Crippen LogP contribution in [0.1, 0.15) is 23.6 Å². The second kappa shape index (κ2) is 2.87. The maximum atomic E-state index is 10.5. The van der Waals surface area contributed by atoms with Crippen LogP contribution in [0, 0.1) is 12.8 Å². The first-order valence-corrected chi connectivity index (χ1v) is 4.32. The molecule has 2 rings (SSSR count). The molecule has 0 saturated heterocycles. The van der Waals surface area contributed by atoms with Crippen LogP contribution in [0.3, 0.4) is 0 Å². The van der Waals surface area contributed by atoms with Crippen LogP contribution in [-0.2, 0) is 0 Å². The molecule has 0 spiro atoms. The first kappa shape index (κ1) is 7.74. The zero-order chi connectivity index (χ0) is 8.55. The fourth-order valence-electron chi connectivity index (χ4n) is 1.49. The Morgan fingerprint density at radius 2 is 2.42 bits per heavy atom. The predicted octanol–water partition coefficient (Wildman–Crippen LogP) is 0.854. The molecular formula is C10H12NO-. The van der Waals surface area contributed by atoms with E-state index < -0.39 is 0 Å². The van der Waals surface area contributed by atoms with Gasteiger partial charge in [0.1, 0.15) is 0 Å². The molecule has 1 aromatic heterocycles. The number of pyridine rings is 1. The Kier molecular flexibility index (Phi) is 1.85. The van der Waals surface area contributed by atoms with Crippen molar-refractivity contribution in [2.75, 3.05) is 6.61 Å². The second-order valence-electron chi connectivity index (χ2n) is 3.53. The van der Waals surface area contributed by atoms with Crippen LogP contribution < -0.4 is 5.11 Å². The molecule has 1 aromatic rings. The van der Waals surface area contributed by atoms with E-state index in [1.54, 1.807) is 0 Å². The van der Waals surface area contributed by atoms with E-state index in [2.05, 4.69) is 11.1 Å². The zero-order valence-electron chi connectivity index (χ0n) is 7.16. The SMILES string of the molecule is Cc1ccc([C@H]2C[C@@H]2C[O-])nc1. The Bertz CT molecular complexity index is 268. The van der Waals surface area contributed by atoms with E-state index in [0.717, 1.165) is 12.1 Å². The Morgan fingerprint density at radius 3 is 2.92 bits per heavy atom. The molecular weight excluding hydrogens is 150 g/mol. The second-order valence-corrected chi connectivity index (χ2v) is 3.53. The van der Waals surface area contributed by atoms with E-state index in [1.165, 1.54) is 5.56 Å². The number of aromatic nitrogens is 1. The van der Waals surface area contributed by atoms with Crippen LogP contribution in [0.4, 0.5) is 0 Å². The molecule has 0 aromatic carbocycles. The lowest BCUT2D eigenvalue weighted by Gasteiger charge is -2.01. The summed E-state index contributed by atoms with van der Waals surface area (Å²) in [5, 5.41) is 10.5. The van der Waals surface area contributed by atoms with Crippen LogP contribution in [0.15, 0.2) is 18.3 Å². The van der Waals surface area contributed by atoms with Gasteiger partial charge in [-0.1, -0.05) is 6.07 Å². The highest BCUT2D eigenvalue weighted by molar-refractivity contribution is 5.20. The summed E-state index contributed by atoms with van der Waals surface area (Å²) < 4.78 is 0. The monoisotopic (exact) mass is 162 g/mol. The summed E-state index contributed by atoms with van der Waals surface area (Å²) in [6.07, 6.45) is 2.91. The van der Waals surface area contributed by atoms with Crippen molar-refractivity contribution in [3.63, 3.8) is 0 Å². The molecule has 0 amide bonds. The Morgan fingerprint density at radius 1 is 1.58 bits per heavy atom. The van der Waals surface area contributed by atoms with Crippen LogP contribution in [0.25, 0.3) is 0 Å². The molecule has 1 aliphatic rings. The van der Waals surface area contributed by atoms with Crippen LogP contribution in [0.5, 0.6) is 0 Å². The summed E-state index contributed by atoms with van der Waals surface area (Å²) in [5.41, 5.74) is 2.28. The minimum atomic E-state index is 0.0558. The highest BCUT2D eigenvalue weighted by Gasteiger charge is 2.35. The van der Waals surface area contributed by atoms with Crippen molar-refractivity contribution >= 4 is 0 Å². The van der Waals surface area contributed by atoms with Crippen molar-refractivity contribution in [2.45, 2.75) is 19.3 Å². The highest BCUT2D eigenvalue weighted by atomic mass is 16.3. The van der Waals surface area contributed by atoms with Gasteiger partial charge in [-0.15, -0.1) is 6.61 Å². The third kappa shape index (κ3) is 1.34. The number of hydrogen-bond donors (Lipinski definition) is 0. The molecule has 0 N–H and O–H groups in total. The van der Waals surface area contributed by atoms with Crippen molar-refractivity contribution in [1.82, 2.24) is 4.98 Å². The number of hydrogen-bond acceptors (Lipinski definition) is 2. The topological polar surface area (TPSA) is 36.0 Å². The number of nitrogens with zero attached hydrogens (tertiary/aromatic N) is 1. The zero-order valence-corrected chi connectivity index (χ0v) is 7.16. The van der Waals surface area contributed by atoms with E-state index in [9.17, 15) is 5.11 Å². The van der Waals surface area contributed by atoms with Gasteiger partial charge in [0.2, 0.25) is 0 Å². The summed E-state index contributed by atoms with van der Waals surface area (Å²) in [5.74, 6) is 0.823. The van der Waals surface area contributed by atoms with Crippen molar-refractivity contribution in [3.05, 3.63) is 29.6 Å². The first-order valence-electron chi connectivity index (χ1n) is 4.32. The minimum absolute atomic E-state index is 0.0558. The molecule has 1 heterocycles. The summed E-state index contributed by atoms with van der Waals surface area (Å²) in [7, 11) is 0. The molecule has 0 aliphatic heterocycles. The number of rotatable bonds is 2. The van der Waals surface area contributed by atoms with Gasteiger partial charge in [0.15, 0.2) is 0 Å². The van der Waals surface area contributed by atoms with Crippen molar-refractivity contribution in [1.29, 1.82) is 0 Å². The fraction of sp³-hybridized carbons (Fsp3) is 0.500. The third-order valence-electron chi connectivity index (χ3n) is 2.45. The molecule has 2 atom stereocenters. The lowest BCUT2D eigenvalue weighted by molar-refractivity contribution is -0.372. The maximum absolute atomic E-state index is 10.5. The summed E-state index contributed by atoms with van der Waals surface area (Å²) in [4.78, 5) is 4.30. The van der Waals surface area contributed by atoms with Crippen LogP contribution >= 0.6 is 0 Å². The van der Waals surface area contributed by atoms with Gasteiger partial charge in [-0.3, -0.25) is 4.98 Å². The Balaban J connectivity index is 2.10. The smallest absolute Gasteiger partial charge is 0.0437 e. The largest absolute Gasteiger partial charge is 0.854 e. The van der Waals surface area contributed by atoms with E-state index in [1.807, 2.05) is 19.2 Å². The third-order valence-corrected chi connectivity index (χ3v) is 2.45. The minimum Gasteiger partial charge on any atom is -0.854 e. The molecule has 1 saturated carbocycles. The molecule has 1 fully saturated rings. The standard InChI is InChI=1S/C10H12NO/c1-7-2-3-10(11-5-7)9-4-8(9)6-12/h2-3,5,8-9H,4,6H2,1H3/q-1/t8-,9+/m1/s1. The maximum Gasteiger partial charge on any atom is 0.0437 e. The average Bonchev–Trinajstić information content (AvgIpc) is 2.85. The first-order chi connectivity index (χ1) is 5.81. The van der Waals surface area contributed by atoms with Gasteiger partial charge in [0, 0.05) is 17.8 Å². The lowest BCUT2D eigenvalue weighted by Crippen LogP contribution is -2.08. The fourth-order valence-corrected chi connectivity index (χ4v) is 1.49. The van der Waals surface area contributed by atoms with Crippen molar-refractivity contribution in [2.24, 2.45) is 5.92 Å². The van der Waals surface area contributed by atoms with Crippen molar-refractivity contribution in [3.8, 4) is 0 Å². The molecule has 0 bridgehead atoms. The van der Waals surface area contributed by atoms with E-state index >= 15 is 0 Å². The highest BCUT2D eigenvalue weighted by Crippen LogP contribution is 2.45. The molecule has 64 valence electrons. The summed E-state index contributed by atoms with van der Waals surface area (Å²) in [6.45, 7) is 2.08. The normalized spacial score (nSPS) is 27.2. The quantitative estimate of drug-likeness (QED) is 0.646. The van der Waals surface area contributed by atoms with Gasteiger partial charge in [0.25, 0.3) is 0 Å². The lowest BCUT2D eigenvalue weighted by atomic mass is 10.2. The molecule has 2 nitrogen and oxygen atoms in total. The van der Waals surface area contributed by atoms with Gasteiger partial charge in [-0.2, -0.15) is 0 Å². The molecule has 0 unspecified atom stereocenters. The van der Waals surface area contributed by atoms with Gasteiger partial charge in [-0.05, 0) is 30.9 Å². The van der Waals surface area contributed by atoms with E-state index in [0.29, 0.717) is 11.8 Å². The van der Waals surface area contributed by atoms with Gasteiger partial charge >= 0.3 is 0 Å². The molecule has 1 aliphatic carbocycles. The Labute approximate surface area is 72.3 Å². The summed E-state index contributed by atoms with van der Waals surface area (Å²) in [6, 6.07) is 4.10. The van der Waals surface area contributed by atoms with Gasteiger partial charge < -0.3 is 5.11 Å². The summed E-state index contributed by atoms with van der Waals surface area (Å²) >= 11 is 0. The van der Waals surface area contributed by atoms with Gasteiger partial charge in [0.05, 0.1) is 0 Å². The van der Waals surface area contributed by atoms with Crippen LogP contribution in [-0.4, -0.2) is 11.6 Å².